The van der Waals surface area contributed by atoms with Crippen molar-refractivity contribution in [2.75, 3.05) is 7.11 Å². The predicted octanol–water partition coefficient (Wildman–Crippen LogP) is 2.21. The number of carboxylic acids is 1. The number of aromatic amines is 1. The average Bonchev–Trinajstić information content (AvgIpc) is 3.39. The fourth-order valence-corrected chi connectivity index (χ4v) is 7.05. The Morgan fingerprint density at radius 3 is 2.79 bits per heavy atom. The van der Waals surface area contributed by atoms with Crippen LogP contribution in [0.3, 0.4) is 0 Å². The zero-order valence-electron chi connectivity index (χ0n) is 16.2. The molecule has 2 unspecified atom stereocenters. The Labute approximate surface area is 167 Å². The van der Waals surface area contributed by atoms with Crippen molar-refractivity contribution >= 4 is 5.97 Å². The molecule has 1 spiro atoms. The fourth-order valence-electron chi connectivity index (χ4n) is 7.05. The maximum Gasteiger partial charge on any atom is 0.341 e. The molecule has 0 amide bonds. The molecule has 4 atom stereocenters. The molecule has 1 aromatic heterocycles. The minimum absolute atomic E-state index is 0.149. The number of hydrogen-bond acceptors (Lipinski definition) is 4. The van der Waals surface area contributed by atoms with Crippen LogP contribution in [-0.4, -0.2) is 33.9 Å². The number of carbonyl (C=O) groups is 1. The van der Waals surface area contributed by atoms with Gasteiger partial charge in [0.05, 0.1) is 12.7 Å². The number of hydrogen-bond donors (Lipinski definition) is 3. The second kappa shape index (κ2) is 5.11. The van der Waals surface area contributed by atoms with E-state index < -0.39 is 22.5 Å². The number of fused-ring (bicyclic) bond motifs is 2. The van der Waals surface area contributed by atoms with Crippen molar-refractivity contribution in [2.24, 2.45) is 11.3 Å². The van der Waals surface area contributed by atoms with Crippen molar-refractivity contribution in [1.29, 1.82) is 0 Å². The molecule has 150 valence electrons. The number of H-pyrrole nitrogens is 1. The van der Waals surface area contributed by atoms with Gasteiger partial charge in [-0.3, -0.25) is 4.79 Å². The molecule has 4 aliphatic carbocycles. The molecule has 2 saturated carbocycles. The minimum Gasteiger partial charge on any atom is -0.497 e. The predicted molar refractivity (Wildman–Crippen MR) is 105 cm³/mol. The molecule has 0 aliphatic heterocycles. The number of methoxy groups -OCH3 is 1. The minimum atomic E-state index is -1.23. The Morgan fingerprint density at radius 1 is 1.21 bits per heavy atom. The lowest BCUT2D eigenvalue weighted by molar-refractivity contribution is -0.141. The van der Waals surface area contributed by atoms with Gasteiger partial charge in [-0.25, -0.2) is 4.79 Å². The molecular formula is C23H23NO5. The molecule has 0 radical (unpaired) electrons. The van der Waals surface area contributed by atoms with Crippen LogP contribution in [0.2, 0.25) is 0 Å². The van der Waals surface area contributed by atoms with Gasteiger partial charge in [-0.15, -0.1) is 0 Å². The Morgan fingerprint density at radius 2 is 2.03 bits per heavy atom. The summed E-state index contributed by atoms with van der Waals surface area (Å²) >= 11 is 0. The lowest BCUT2D eigenvalue weighted by atomic mass is 9.45. The third-order valence-corrected chi connectivity index (χ3v) is 8.48. The number of nitrogens with one attached hydrogen (secondary N) is 1. The van der Waals surface area contributed by atoms with Gasteiger partial charge in [-0.05, 0) is 66.5 Å². The van der Waals surface area contributed by atoms with Crippen LogP contribution in [0.1, 0.15) is 52.0 Å². The summed E-state index contributed by atoms with van der Waals surface area (Å²) < 4.78 is 5.49. The summed E-state index contributed by atoms with van der Waals surface area (Å²) in [7, 11) is 1.65. The number of aliphatic hydroxyl groups is 1. The first-order chi connectivity index (χ1) is 13.8. The van der Waals surface area contributed by atoms with Gasteiger partial charge in [0.1, 0.15) is 11.3 Å². The van der Waals surface area contributed by atoms with E-state index in [0.29, 0.717) is 18.8 Å². The number of pyridine rings is 1. The highest BCUT2D eigenvalue weighted by atomic mass is 16.5. The molecule has 2 bridgehead atoms. The highest BCUT2D eigenvalue weighted by molar-refractivity contribution is 5.87. The summed E-state index contributed by atoms with van der Waals surface area (Å²) in [6.07, 6.45) is 4.69. The van der Waals surface area contributed by atoms with E-state index in [-0.39, 0.29) is 11.0 Å². The molecule has 2 fully saturated rings. The molecule has 3 N–H and O–H groups in total. The summed E-state index contributed by atoms with van der Waals surface area (Å²) in [6, 6.07) is 7.65. The molecule has 1 aromatic carbocycles. The molecular weight excluding hydrogens is 370 g/mol. The molecule has 4 aliphatic rings. The van der Waals surface area contributed by atoms with E-state index in [1.165, 1.54) is 11.6 Å². The van der Waals surface area contributed by atoms with Crippen LogP contribution in [0.25, 0.3) is 0 Å². The average molecular weight is 393 g/mol. The molecule has 0 saturated heterocycles. The number of benzene rings is 1. The Hall–Kier alpha value is -2.60. The lowest BCUT2D eigenvalue weighted by Gasteiger charge is -2.61. The van der Waals surface area contributed by atoms with Gasteiger partial charge in [-0.2, -0.15) is 0 Å². The van der Waals surface area contributed by atoms with E-state index in [9.17, 15) is 19.8 Å². The summed E-state index contributed by atoms with van der Waals surface area (Å²) in [5.41, 5.74) is 1.52. The number of aromatic carboxylic acids is 1. The van der Waals surface area contributed by atoms with Crippen molar-refractivity contribution in [3.05, 3.63) is 62.6 Å². The normalized spacial score (nSPS) is 35.6. The van der Waals surface area contributed by atoms with Crippen LogP contribution < -0.4 is 10.3 Å². The van der Waals surface area contributed by atoms with E-state index in [1.54, 1.807) is 7.11 Å². The van der Waals surface area contributed by atoms with Crippen LogP contribution >= 0.6 is 0 Å². The second-order valence-corrected chi connectivity index (χ2v) is 9.41. The molecule has 1 heterocycles. The first-order valence-electron chi connectivity index (χ1n) is 10.2. The van der Waals surface area contributed by atoms with E-state index in [2.05, 4.69) is 17.1 Å². The summed E-state index contributed by atoms with van der Waals surface area (Å²) in [6.45, 7) is 0. The quantitative estimate of drug-likeness (QED) is 0.726. The number of carboxylic acid groups (broad SMARTS) is 1. The molecule has 2 aromatic rings. The van der Waals surface area contributed by atoms with Gasteiger partial charge in [0, 0.05) is 29.4 Å². The number of aromatic nitrogens is 1. The van der Waals surface area contributed by atoms with Crippen molar-refractivity contribution in [3.63, 3.8) is 0 Å². The van der Waals surface area contributed by atoms with Crippen LogP contribution in [0, 0.1) is 11.3 Å². The highest BCUT2D eigenvalue weighted by Gasteiger charge is 2.77. The van der Waals surface area contributed by atoms with E-state index in [4.69, 9.17) is 4.74 Å². The summed E-state index contributed by atoms with van der Waals surface area (Å²) in [5, 5.41) is 21.7. The topological polar surface area (TPSA) is 99.6 Å². The van der Waals surface area contributed by atoms with Crippen molar-refractivity contribution in [3.8, 4) is 5.75 Å². The van der Waals surface area contributed by atoms with Crippen molar-refractivity contribution in [2.45, 2.75) is 49.5 Å². The zero-order valence-corrected chi connectivity index (χ0v) is 16.2. The Balaban J connectivity index is 1.62. The smallest absolute Gasteiger partial charge is 0.341 e. The van der Waals surface area contributed by atoms with E-state index in [0.717, 1.165) is 48.3 Å². The third kappa shape index (κ3) is 1.86. The Bertz CT molecular complexity index is 1150. The van der Waals surface area contributed by atoms with Crippen LogP contribution in [0.15, 0.2) is 29.1 Å². The fraction of sp³-hybridized carbons (Fsp3) is 0.478. The van der Waals surface area contributed by atoms with E-state index in [1.807, 2.05) is 6.07 Å². The van der Waals surface area contributed by atoms with Gasteiger partial charge in [0.2, 0.25) is 0 Å². The highest BCUT2D eigenvalue weighted by Crippen LogP contribution is 2.76. The van der Waals surface area contributed by atoms with Gasteiger partial charge in [-0.1, -0.05) is 6.07 Å². The number of rotatable bonds is 2. The van der Waals surface area contributed by atoms with Crippen LogP contribution in [-0.2, 0) is 24.7 Å². The third-order valence-electron chi connectivity index (χ3n) is 8.48. The molecule has 29 heavy (non-hydrogen) atoms. The van der Waals surface area contributed by atoms with Crippen molar-refractivity contribution in [1.82, 2.24) is 4.98 Å². The van der Waals surface area contributed by atoms with Gasteiger partial charge < -0.3 is 19.9 Å². The standard InChI is InChI=1S/C23H23NO5/c1-29-15-3-2-12-8-22-10-14(22)4-5-21(17(12)7-15)11-18-13(9-23(21,22)28)6-16(20(26)27)19(25)24-18/h2-3,6-7,14,28H,4-5,8-11H2,1H3,(H,24,25)(H,26,27)/t14?,21-,22?,23+/m1/s1. The maximum absolute atomic E-state index is 12.3. The molecule has 6 nitrogen and oxygen atoms in total. The van der Waals surface area contributed by atoms with E-state index >= 15 is 0 Å². The Kier molecular flexibility index (Phi) is 3.04. The number of ether oxygens (including phenoxy) is 1. The molecule has 6 heteroatoms. The van der Waals surface area contributed by atoms with Gasteiger partial charge in [0.15, 0.2) is 0 Å². The summed E-state index contributed by atoms with van der Waals surface area (Å²) in [4.78, 5) is 26.6. The van der Waals surface area contributed by atoms with Gasteiger partial charge >= 0.3 is 5.97 Å². The van der Waals surface area contributed by atoms with Crippen molar-refractivity contribution < 1.29 is 19.7 Å². The SMILES string of the molecule is COc1ccc2c(c1)[C@]13CCC4CC4(C2)[C@]1(O)Cc1cc(C(=O)O)c(=O)[nH]c1C3. The maximum atomic E-state index is 12.3. The largest absolute Gasteiger partial charge is 0.497 e. The first-order valence-corrected chi connectivity index (χ1v) is 10.2. The molecule has 6 rings (SSSR count). The van der Waals surface area contributed by atoms with Crippen LogP contribution in [0.4, 0.5) is 0 Å². The second-order valence-electron chi connectivity index (χ2n) is 9.41. The monoisotopic (exact) mass is 393 g/mol. The van der Waals surface area contributed by atoms with Crippen LogP contribution in [0.5, 0.6) is 5.75 Å². The first kappa shape index (κ1) is 17.3. The lowest BCUT2D eigenvalue weighted by Crippen LogP contribution is -2.67. The van der Waals surface area contributed by atoms with Gasteiger partial charge in [0.25, 0.3) is 5.56 Å². The summed E-state index contributed by atoms with van der Waals surface area (Å²) in [5.74, 6) is 0.0525. The zero-order chi connectivity index (χ0) is 20.2.